The first-order valence-corrected chi connectivity index (χ1v) is 9.14. The summed E-state index contributed by atoms with van der Waals surface area (Å²) in [7, 11) is -3.09. The molecule has 1 aliphatic rings. The zero-order valence-electron chi connectivity index (χ0n) is 12.9. The van der Waals surface area contributed by atoms with Gasteiger partial charge < -0.3 is 5.32 Å². The van der Waals surface area contributed by atoms with Crippen LogP contribution in [0.5, 0.6) is 0 Å². The van der Waals surface area contributed by atoms with Gasteiger partial charge in [-0.2, -0.15) is 4.31 Å². The van der Waals surface area contributed by atoms with E-state index in [0.717, 1.165) is 32.4 Å². The molecule has 0 saturated carbocycles. The van der Waals surface area contributed by atoms with Crippen molar-refractivity contribution in [2.24, 2.45) is 11.8 Å². The Balaban J connectivity index is 2.61. The molecule has 1 heterocycles. The molecule has 1 N–H and O–H groups in total. The second-order valence-electron chi connectivity index (χ2n) is 6.48. The van der Waals surface area contributed by atoms with E-state index in [1.165, 1.54) is 0 Å². The van der Waals surface area contributed by atoms with Gasteiger partial charge in [-0.1, -0.05) is 34.1 Å². The fraction of sp³-hybridized carbons (Fsp3) is 1.00. The van der Waals surface area contributed by atoms with Gasteiger partial charge in [0.05, 0.1) is 5.75 Å². The SMILES string of the molecule is CC(C)CNCC1CCCCN1S(=O)(=O)CC(C)C. The van der Waals surface area contributed by atoms with Gasteiger partial charge in [-0.15, -0.1) is 0 Å². The summed E-state index contributed by atoms with van der Waals surface area (Å²) >= 11 is 0. The standard InChI is InChI=1S/C14H30N2O2S/c1-12(2)9-15-10-14-7-5-6-8-16(14)19(17,18)11-13(3)4/h12-15H,5-11H2,1-4H3. The Kier molecular flexibility index (Phi) is 6.77. The highest BCUT2D eigenvalue weighted by atomic mass is 32.2. The van der Waals surface area contributed by atoms with Gasteiger partial charge >= 0.3 is 0 Å². The topological polar surface area (TPSA) is 49.4 Å². The first-order chi connectivity index (χ1) is 8.83. The number of rotatable bonds is 7. The molecule has 1 fully saturated rings. The van der Waals surface area contributed by atoms with Gasteiger partial charge in [0, 0.05) is 19.1 Å². The molecule has 0 aliphatic carbocycles. The molecular weight excluding hydrogens is 260 g/mol. The quantitative estimate of drug-likeness (QED) is 0.781. The van der Waals surface area contributed by atoms with Gasteiger partial charge in [0.1, 0.15) is 0 Å². The van der Waals surface area contributed by atoms with Gasteiger partial charge in [-0.25, -0.2) is 8.42 Å². The molecule has 114 valence electrons. The van der Waals surface area contributed by atoms with Crippen molar-refractivity contribution in [3.8, 4) is 0 Å². The van der Waals surface area contributed by atoms with Crippen LogP contribution in [-0.2, 0) is 10.0 Å². The Morgan fingerprint density at radius 2 is 1.84 bits per heavy atom. The molecule has 19 heavy (non-hydrogen) atoms. The van der Waals surface area contributed by atoms with Gasteiger partial charge in [0.15, 0.2) is 0 Å². The van der Waals surface area contributed by atoms with Crippen LogP contribution in [0.2, 0.25) is 0 Å². The normalized spacial score (nSPS) is 22.3. The summed E-state index contributed by atoms with van der Waals surface area (Å²) in [6.07, 6.45) is 3.13. The summed E-state index contributed by atoms with van der Waals surface area (Å²) in [6.45, 7) is 10.7. The average molecular weight is 290 g/mol. The van der Waals surface area contributed by atoms with Crippen molar-refractivity contribution in [2.45, 2.75) is 53.0 Å². The van der Waals surface area contributed by atoms with Crippen molar-refractivity contribution in [1.29, 1.82) is 0 Å². The average Bonchev–Trinajstić information content (AvgIpc) is 2.27. The molecular formula is C14H30N2O2S. The number of sulfonamides is 1. The molecule has 1 unspecified atom stereocenters. The minimum atomic E-state index is -3.09. The monoisotopic (exact) mass is 290 g/mol. The highest BCUT2D eigenvalue weighted by Crippen LogP contribution is 2.21. The largest absolute Gasteiger partial charge is 0.315 e. The predicted octanol–water partition coefficient (Wildman–Crippen LogP) is 2.07. The Morgan fingerprint density at radius 1 is 1.16 bits per heavy atom. The van der Waals surface area contributed by atoms with Crippen LogP contribution in [0.15, 0.2) is 0 Å². The van der Waals surface area contributed by atoms with Crippen LogP contribution in [0.1, 0.15) is 47.0 Å². The number of nitrogens with one attached hydrogen (secondary N) is 1. The third kappa shape index (κ3) is 5.79. The van der Waals surface area contributed by atoms with E-state index in [-0.39, 0.29) is 17.7 Å². The van der Waals surface area contributed by atoms with Crippen LogP contribution in [-0.4, -0.2) is 44.2 Å². The molecule has 1 rings (SSSR count). The van der Waals surface area contributed by atoms with E-state index in [1.807, 2.05) is 13.8 Å². The lowest BCUT2D eigenvalue weighted by molar-refractivity contribution is 0.243. The molecule has 0 aromatic carbocycles. The minimum absolute atomic E-state index is 0.149. The Hall–Kier alpha value is -0.130. The van der Waals surface area contributed by atoms with Crippen LogP contribution in [0.3, 0.4) is 0 Å². The van der Waals surface area contributed by atoms with Crippen LogP contribution in [0.4, 0.5) is 0 Å². The first-order valence-electron chi connectivity index (χ1n) is 7.53. The lowest BCUT2D eigenvalue weighted by Gasteiger charge is -2.35. The molecule has 1 atom stereocenters. The molecule has 0 bridgehead atoms. The maximum absolute atomic E-state index is 12.4. The maximum atomic E-state index is 12.4. The van der Waals surface area contributed by atoms with Gasteiger partial charge in [0.25, 0.3) is 0 Å². The number of hydrogen-bond acceptors (Lipinski definition) is 3. The van der Waals surface area contributed by atoms with Crippen molar-refractivity contribution in [1.82, 2.24) is 9.62 Å². The molecule has 0 aromatic rings. The van der Waals surface area contributed by atoms with E-state index in [9.17, 15) is 8.42 Å². The van der Waals surface area contributed by atoms with Gasteiger partial charge in [-0.3, -0.25) is 0 Å². The summed E-state index contributed by atoms with van der Waals surface area (Å²) in [4.78, 5) is 0. The van der Waals surface area contributed by atoms with E-state index in [4.69, 9.17) is 0 Å². The summed E-state index contributed by atoms with van der Waals surface area (Å²) < 4.78 is 26.6. The highest BCUT2D eigenvalue weighted by Gasteiger charge is 2.32. The van der Waals surface area contributed by atoms with Crippen LogP contribution >= 0.6 is 0 Å². The van der Waals surface area contributed by atoms with E-state index >= 15 is 0 Å². The van der Waals surface area contributed by atoms with Crippen molar-refractivity contribution in [3.63, 3.8) is 0 Å². The van der Waals surface area contributed by atoms with E-state index in [2.05, 4.69) is 19.2 Å². The third-order valence-corrected chi connectivity index (χ3v) is 5.69. The predicted molar refractivity (Wildman–Crippen MR) is 80.7 cm³/mol. The molecule has 0 radical (unpaired) electrons. The summed E-state index contributed by atoms with van der Waals surface area (Å²) in [5.74, 6) is 1.06. The van der Waals surface area contributed by atoms with E-state index in [0.29, 0.717) is 12.5 Å². The van der Waals surface area contributed by atoms with Crippen LogP contribution in [0, 0.1) is 11.8 Å². The Labute approximate surface area is 119 Å². The first kappa shape index (κ1) is 16.9. The fourth-order valence-corrected chi connectivity index (χ4v) is 4.68. The lowest BCUT2D eigenvalue weighted by Crippen LogP contribution is -2.49. The zero-order valence-corrected chi connectivity index (χ0v) is 13.7. The molecule has 1 saturated heterocycles. The molecule has 4 nitrogen and oxygen atoms in total. The number of piperidine rings is 1. The molecule has 0 amide bonds. The van der Waals surface area contributed by atoms with Crippen molar-refractivity contribution >= 4 is 10.0 Å². The van der Waals surface area contributed by atoms with Crippen molar-refractivity contribution in [2.75, 3.05) is 25.4 Å². The van der Waals surface area contributed by atoms with Gasteiger partial charge in [-0.05, 0) is 31.2 Å². The number of nitrogens with zero attached hydrogens (tertiary/aromatic N) is 1. The Bertz CT molecular complexity index is 352. The third-order valence-electron chi connectivity index (χ3n) is 3.41. The van der Waals surface area contributed by atoms with Crippen molar-refractivity contribution < 1.29 is 8.42 Å². The molecule has 5 heteroatoms. The second-order valence-corrected chi connectivity index (χ2v) is 8.45. The fourth-order valence-electron chi connectivity index (χ4n) is 2.60. The van der Waals surface area contributed by atoms with Crippen LogP contribution < -0.4 is 5.32 Å². The zero-order chi connectivity index (χ0) is 14.5. The molecule has 0 spiro atoms. The summed E-state index contributed by atoms with van der Waals surface area (Å²) in [5, 5.41) is 3.40. The maximum Gasteiger partial charge on any atom is 0.214 e. The number of hydrogen-bond donors (Lipinski definition) is 1. The van der Waals surface area contributed by atoms with Crippen LogP contribution in [0.25, 0.3) is 0 Å². The minimum Gasteiger partial charge on any atom is -0.315 e. The summed E-state index contributed by atoms with van der Waals surface area (Å²) in [6, 6.07) is 0.149. The van der Waals surface area contributed by atoms with Crippen molar-refractivity contribution in [3.05, 3.63) is 0 Å². The summed E-state index contributed by atoms with van der Waals surface area (Å²) in [5.41, 5.74) is 0. The molecule has 0 aromatic heterocycles. The second kappa shape index (κ2) is 7.60. The lowest BCUT2D eigenvalue weighted by atomic mass is 10.0. The highest BCUT2D eigenvalue weighted by molar-refractivity contribution is 7.89. The van der Waals surface area contributed by atoms with E-state index < -0.39 is 10.0 Å². The van der Waals surface area contributed by atoms with E-state index in [1.54, 1.807) is 4.31 Å². The van der Waals surface area contributed by atoms with Gasteiger partial charge in [0.2, 0.25) is 10.0 Å². The smallest absolute Gasteiger partial charge is 0.214 e. The Morgan fingerprint density at radius 3 is 2.42 bits per heavy atom. The molecule has 1 aliphatic heterocycles.